The zero-order valence-electron chi connectivity index (χ0n) is 11.2. The van der Waals surface area contributed by atoms with Crippen LogP contribution in [0, 0.1) is 0 Å². The highest BCUT2D eigenvalue weighted by molar-refractivity contribution is 7.16. The average molecular weight is 285 g/mol. The predicted molar refractivity (Wildman–Crippen MR) is 79.9 cm³/mol. The van der Waals surface area contributed by atoms with Gasteiger partial charge in [0.05, 0.1) is 17.6 Å². The van der Waals surface area contributed by atoms with Crippen molar-refractivity contribution in [3.8, 4) is 0 Å². The number of fused-ring (bicyclic) bond motifs is 2. The monoisotopic (exact) mass is 285 g/mol. The van der Waals surface area contributed by atoms with Gasteiger partial charge in [0.1, 0.15) is 17.0 Å². The molecule has 4 rings (SSSR count). The topological polar surface area (TPSA) is 55.6 Å². The molecule has 0 radical (unpaired) electrons. The van der Waals surface area contributed by atoms with Gasteiger partial charge < -0.3 is 5.32 Å². The molecule has 0 bridgehead atoms. The number of nitrogens with one attached hydrogen (secondary N) is 1. The third-order valence-electron chi connectivity index (χ3n) is 3.95. The standard InChI is InChI=1S/C14H15N5S/c1-19-12-4-2-3-11(10(12)7-17-19)18-13-9-5-6-20-14(9)16-8-15-13/h5-8,11H,2-4H2,1H3,(H,15,16,18). The minimum absolute atomic E-state index is 0.297. The molecule has 0 aromatic carbocycles. The molecule has 0 saturated heterocycles. The quantitative estimate of drug-likeness (QED) is 0.786. The highest BCUT2D eigenvalue weighted by Gasteiger charge is 2.24. The molecule has 0 fully saturated rings. The number of anilines is 1. The summed E-state index contributed by atoms with van der Waals surface area (Å²) in [5, 5.41) is 11.1. The number of thiophene rings is 1. The van der Waals surface area contributed by atoms with E-state index in [1.165, 1.54) is 17.7 Å². The Morgan fingerprint density at radius 1 is 1.40 bits per heavy atom. The lowest BCUT2D eigenvalue weighted by Gasteiger charge is -2.24. The molecule has 6 heteroatoms. The van der Waals surface area contributed by atoms with Gasteiger partial charge in [-0.15, -0.1) is 11.3 Å². The number of nitrogens with zero attached hydrogens (tertiary/aromatic N) is 4. The van der Waals surface area contributed by atoms with E-state index in [0.29, 0.717) is 6.04 Å². The fourth-order valence-electron chi connectivity index (χ4n) is 2.93. The average Bonchev–Trinajstić information content (AvgIpc) is 3.08. The molecular weight excluding hydrogens is 270 g/mol. The van der Waals surface area contributed by atoms with Crippen LogP contribution in [0.1, 0.15) is 30.1 Å². The van der Waals surface area contributed by atoms with Crippen molar-refractivity contribution in [3.05, 3.63) is 35.2 Å². The fourth-order valence-corrected chi connectivity index (χ4v) is 3.66. The van der Waals surface area contributed by atoms with Crippen molar-refractivity contribution in [3.63, 3.8) is 0 Å². The molecule has 1 unspecified atom stereocenters. The van der Waals surface area contributed by atoms with E-state index in [2.05, 4.69) is 31.8 Å². The Labute approximate surface area is 120 Å². The summed E-state index contributed by atoms with van der Waals surface area (Å²) in [6.07, 6.45) is 7.03. The van der Waals surface area contributed by atoms with Crippen LogP contribution in [0.2, 0.25) is 0 Å². The summed E-state index contributed by atoms with van der Waals surface area (Å²) in [7, 11) is 2.02. The van der Waals surface area contributed by atoms with Gasteiger partial charge in [-0.2, -0.15) is 5.10 Å². The Morgan fingerprint density at radius 3 is 3.30 bits per heavy atom. The van der Waals surface area contributed by atoms with Gasteiger partial charge in [0, 0.05) is 18.3 Å². The van der Waals surface area contributed by atoms with E-state index in [1.54, 1.807) is 17.7 Å². The van der Waals surface area contributed by atoms with Crippen LogP contribution in [0.25, 0.3) is 10.2 Å². The van der Waals surface area contributed by atoms with E-state index in [0.717, 1.165) is 28.9 Å². The number of aryl methyl sites for hydroxylation is 1. The first-order chi connectivity index (χ1) is 9.83. The van der Waals surface area contributed by atoms with Crippen LogP contribution >= 0.6 is 11.3 Å². The summed E-state index contributed by atoms with van der Waals surface area (Å²) in [6.45, 7) is 0. The summed E-state index contributed by atoms with van der Waals surface area (Å²) >= 11 is 1.65. The highest BCUT2D eigenvalue weighted by Crippen LogP contribution is 2.33. The minimum atomic E-state index is 0.297. The van der Waals surface area contributed by atoms with Gasteiger partial charge in [-0.1, -0.05) is 0 Å². The van der Waals surface area contributed by atoms with Crippen LogP contribution in [0.3, 0.4) is 0 Å². The van der Waals surface area contributed by atoms with Crippen molar-refractivity contribution < 1.29 is 0 Å². The van der Waals surface area contributed by atoms with Crippen molar-refractivity contribution in [2.24, 2.45) is 7.05 Å². The van der Waals surface area contributed by atoms with E-state index in [9.17, 15) is 0 Å². The molecule has 0 saturated carbocycles. The summed E-state index contributed by atoms with van der Waals surface area (Å²) in [5.74, 6) is 0.929. The minimum Gasteiger partial charge on any atom is -0.362 e. The molecule has 1 N–H and O–H groups in total. The summed E-state index contributed by atoms with van der Waals surface area (Å²) < 4.78 is 1.99. The lowest BCUT2D eigenvalue weighted by molar-refractivity contribution is 0.570. The van der Waals surface area contributed by atoms with Gasteiger partial charge in [-0.25, -0.2) is 9.97 Å². The molecule has 20 heavy (non-hydrogen) atoms. The SMILES string of the molecule is Cn1ncc2c1CCCC2Nc1ncnc2sccc12. The Kier molecular flexibility index (Phi) is 2.70. The van der Waals surface area contributed by atoms with Gasteiger partial charge >= 0.3 is 0 Å². The molecule has 1 atom stereocenters. The van der Waals surface area contributed by atoms with Crippen LogP contribution in [-0.2, 0) is 13.5 Å². The molecule has 0 amide bonds. The van der Waals surface area contributed by atoms with Crippen molar-refractivity contribution in [2.45, 2.75) is 25.3 Å². The highest BCUT2D eigenvalue weighted by atomic mass is 32.1. The molecule has 1 aliphatic rings. The number of rotatable bonds is 2. The molecule has 3 aromatic rings. The van der Waals surface area contributed by atoms with E-state index in [1.807, 2.05) is 17.9 Å². The Balaban J connectivity index is 1.72. The fraction of sp³-hybridized carbons (Fsp3) is 0.357. The number of aromatic nitrogens is 4. The number of hydrogen-bond donors (Lipinski definition) is 1. The molecule has 3 aromatic heterocycles. The van der Waals surface area contributed by atoms with Gasteiger partial charge in [0.15, 0.2) is 0 Å². The van der Waals surface area contributed by atoms with Gasteiger partial charge in [-0.05, 0) is 30.7 Å². The van der Waals surface area contributed by atoms with Crippen molar-refractivity contribution in [1.82, 2.24) is 19.7 Å². The largest absolute Gasteiger partial charge is 0.362 e. The van der Waals surface area contributed by atoms with E-state index < -0.39 is 0 Å². The molecule has 3 heterocycles. The zero-order chi connectivity index (χ0) is 13.5. The van der Waals surface area contributed by atoms with Gasteiger partial charge in [0.2, 0.25) is 0 Å². The normalized spacial score (nSPS) is 18.1. The molecule has 5 nitrogen and oxygen atoms in total. The van der Waals surface area contributed by atoms with E-state index in [-0.39, 0.29) is 0 Å². The summed E-state index contributed by atoms with van der Waals surface area (Å²) in [6, 6.07) is 2.38. The summed E-state index contributed by atoms with van der Waals surface area (Å²) in [4.78, 5) is 9.74. The van der Waals surface area contributed by atoms with Crippen LogP contribution in [0.15, 0.2) is 24.0 Å². The first-order valence-corrected chi connectivity index (χ1v) is 7.66. The Hall–Kier alpha value is -1.95. The molecule has 1 aliphatic carbocycles. The maximum atomic E-state index is 4.41. The van der Waals surface area contributed by atoms with Crippen molar-refractivity contribution >= 4 is 27.4 Å². The summed E-state index contributed by atoms with van der Waals surface area (Å²) in [5.41, 5.74) is 2.64. The van der Waals surface area contributed by atoms with Crippen LogP contribution < -0.4 is 5.32 Å². The van der Waals surface area contributed by atoms with Crippen LogP contribution in [0.4, 0.5) is 5.82 Å². The Morgan fingerprint density at radius 2 is 2.35 bits per heavy atom. The second-order valence-corrected chi connectivity index (χ2v) is 6.02. The maximum absolute atomic E-state index is 4.41. The second kappa shape index (κ2) is 4.56. The molecule has 0 spiro atoms. The second-order valence-electron chi connectivity index (χ2n) is 5.12. The number of hydrogen-bond acceptors (Lipinski definition) is 5. The lowest BCUT2D eigenvalue weighted by Crippen LogP contribution is -2.18. The molecule has 0 aliphatic heterocycles. The Bertz CT molecular complexity index is 760. The first kappa shape index (κ1) is 11.8. The first-order valence-electron chi connectivity index (χ1n) is 6.78. The smallest absolute Gasteiger partial charge is 0.138 e. The predicted octanol–water partition coefficient (Wildman–Crippen LogP) is 2.91. The van der Waals surface area contributed by atoms with Crippen LogP contribution in [-0.4, -0.2) is 19.7 Å². The third kappa shape index (κ3) is 1.79. The zero-order valence-corrected chi connectivity index (χ0v) is 12.0. The van der Waals surface area contributed by atoms with Crippen molar-refractivity contribution in [1.29, 1.82) is 0 Å². The van der Waals surface area contributed by atoms with Gasteiger partial charge in [0.25, 0.3) is 0 Å². The molecular formula is C14H15N5S. The van der Waals surface area contributed by atoms with E-state index in [4.69, 9.17) is 0 Å². The van der Waals surface area contributed by atoms with Crippen LogP contribution in [0.5, 0.6) is 0 Å². The maximum Gasteiger partial charge on any atom is 0.138 e. The van der Waals surface area contributed by atoms with Gasteiger partial charge in [-0.3, -0.25) is 4.68 Å². The third-order valence-corrected chi connectivity index (χ3v) is 4.77. The molecule has 102 valence electrons. The lowest BCUT2D eigenvalue weighted by atomic mass is 9.93. The van der Waals surface area contributed by atoms with E-state index >= 15 is 0 Å². The van der Waals surface area contributed by atoms with Crippen molar-refractivity contribution in [2.75, 3.05) is 5.32 Å².